The lowest BCUT2D eigenvalue weighted by Crippen LogP contribution is -1.99. The fraction of sp³-hybridized carbons (Fsp3) is 0.167. The predicted octanol–water partition coefficient (Wildman–Crippen LogP) is 6.56. The molecule has 0 fully saturated rings. The first-order chi connectivity index (χ1) is 13.3. The molecule has 1 aromatic heterocycles. The van der Waals surface area contributed by atoms with E-state index in [1.54, 1.807) is 11.3 Å². The molecule has 5 rings (SSSR count). The van der Waals surface area contributed by atoms with Crippen LogP contribution in [-0.2, 0) is 12.8 Å². The molecule has 0 radical (unpaired) electrons. The summed E-state index contributed by atoms with van der Waals surface area (Å²) in [5, 5.41) is 15.4. The third kappa shape index (κ3) is 2.74. The van der Waals surface area contributed by atoms with Gasteiger partial charge in [0.1, 0.15) is 11.1 Å². The molecule has 130 valence electrons. The Morgan fingerprint density at radius 3 is 2.30 bits per heavy atom. The second kappa shape index (κ2) is 6.64. The van der Waals surface area contributed by atoms with Crippen LogP contribution in [-0.4, -0.2) is 6.21 Å². The molecule has 3 heteroatoms. The van der Waals surface area contributed by atoms with Crippen LogP contribution in [0.3, 0.4) is 0 Å². The van der Waals surface area contributed by atoms with Crippen molar-refractivity contribution in [3.63, 3.8) is 0 Å². The van der Waals surface area contributed by atoms with Gasteiger partial charge in [0.05, 0.1) is 5.56 Å². The van der Waals surface area contributed by atoms with Crippen LogP contribution in [0.4, 0.5) is 5.00 Å². The average Bonchev–Trinajstić information content (AvgIpc) is 3.08. The Balaban J connectivity index is 1.71. The van der Waals surface area contributed by atoms with Crippen molar-refractivity contribution in [3.05, 3.63) is 76.2 Å². The quantitative estimate of drug-likeness (QED) is 0.292. The second-order valence-corrected chi connectivity index (χ2v) is 8.08. The summed E-state index contributed by atoms with van der Waals surface area (Å²) in [6, 6.07) is 21.5. The Morgan fingerprint density at radius 2 is 1.59 bits per heavy atom. The van der Waals surface area contributed by atoms with Gasteiger partial charge in [0, 0.05) is 16.7 Å². The van der Waals surface area contributed by atoms with E-state index in [4.69, 9.17) is 4.99 Å². The summed E-state index contributed by atoms with van der Waals surface area (Å²) in [6.07, 6.45) is 6.46. The first kappa shape index (κ1) is 16.2. The van der Waals surface area contributed by atoms with E-state index >= 15 is 0 Å². The van der Waals surface area contributed by atoms with E-state index in [0.717, 1.165) is 29.0 Å². The summed E-state index contributed by atoms with van der Waals surface area (Å²) in [7, 11) is 0. The van der Waals surface area contributed by atoms with Crippen molar-refractivity contribution in [3.8, 4) is 6.07 Å². The molecular formula is C24H18N2S. The Morgan fingerprint density at radius 1 is 0.926 bits per heavy atom. The van der Waals surface area contributed by atoms with Crippen LogP contribution in [0.1, 0.15) is 34.4 Å². The highest BCUT2D eigenvalue weighted by Gasteiger charge is 2.20. The summed E-state index contributed by atoms with van der Waals surface area (Å²) in [5.41, 5.74) is 3.15. The van der Waals surface area contributed by atoms with Gasteiger partial charge in [-0.3, -0.25) is 0 Å². The standard InChI is InChI=1S/C24H18N2S/c25-14-21-20-11-5-6-12-23(20)27-24(21)26-15-22-18-9-3-1-7-16(18)13-17-8-2-4-10-19(17)22/h1-4,7-10,13,15H,5-6,11-12H2/b26-15+. The van der Waals surface area contributed by atoms with Gasteiger partial charge >= 0.3 is 0 Å². The summed E-state index contributed by atoms with van der Waals surface area (Å²) >= 11 is 1.70. The average molecular weight is 366 g/mol. The lowest BCUT2D eigenvalue weighted by atomic mass is 9.96. The number of hydrogen-bond acceptors (Lipinski definition) is 3. The number of nitrogens with zero attached hydrogens (tertiary/aromatic N) is 2. The van der Waals surface area contributed by atoms with Gasteiger partial charge in [-0.05, 0) is 58.9 Å². The maximum absolute atomic E-state index is 9.69. The molecule has 0 spiro atoms. The number of hydrogen-bond donors (Lipinski definition) is 0. The lowest BCUT2D eigenvalue weighted by Gasteiger charge is -2.09. The van der Waals surface area contributed by atoms with Crippen LogP contribution in [0, 0.1) is 11.3 Å². The van der Waals surface area contributed by atoms with Crippen molar-refractivity contribution in [2.45, 2.75) is 25.7 Å². The van der Waals surface area contributed by atoms with Crippen LogP contribution in [0.15, 0.2) is 59.6 Å². The third-order valence-corrected chi connectivity index (χ3v) is 6.59. The van der Waals surface area contributed by atoms with Crippen LogP contribution in [0.25, 0.3) is 21.5 Å². The summed E-state index contributed by atoms with van der Waals surface area (Å²) in [4.78, 5) is 6.18. The molecule has 3 aromatic carbocycles. The highest BCUT2D eigenvalue weighted by atomic mass is 32.1. The topological polar surface area (TPSA) is 36.1 Å². The summed E-state index contributed by atoms with van der Waals surface area (Å²) < 4.78 is 0. The maximum atomic E-state index is 9.69. The molecular weight excluding hydrogens is 348 g/mol. The number of fused-ring (bicyclic) bond motifs is 3. The molecule has 0 N–H and O–H groups in total. The van der Waals surface area contributed by atoms with Gasteiger partial charge in [0.25, 0.3) is 0 Å². The zero-order valence-corrected chi connectivity index (χ0v) is 15.7. The minimum absolute atomic E-state index is 0.787. The van der Waals surface area contributed by atoms with Gasteiger partial charge in [-0.2, -0.15) is 5.26 Å². The Hall–Kier alpha value is -2.96. The first-order valence-electron chi connectivity index (χ1n) is 9.34. The van der Waals surface area contributed by atoms with Gasteiger partial charge in [-0.15, -0.1) is 11.3 Å². The summed E-state index contributed by atoms with van der Waals surface area (Å²) in [5.74, 6) is 0. The zero-order chi connectivity index (χ0) is 18.2. The largest absolute Gasteiger partial charge is 0.244 e. The molecule has 1 aliphatic rings. The van der Waals surface area contributed by atoms with Gasteiger partial charge in [-0.25, -0.2) is 4.99 Å². The fourth-order valence-electron chi connectivity index (χ4n) is 4.07. The van der Waals surface area contributed by atoms with Crippen LogP contribution >= 0.6 is 11.3 Å². The number of aryl methyl sites for hydroxylation is 1. The van der Waals surface area contributed by atoms with E-state index in [0.29, 0.717) is 0 Å². The van der Waals surface area contributed by atoms with Crippen molar-refractivity contribution in [2.24, 2.45) is 4.99 Å². The number of thiophene rings is 1. The third-order valence-electron chi connectivity index (χ3n) is 5.39. The Labute approximate surface area is 162 Å². The summed E-state index contributed by atoms with van der Waals surface area (Å²) in [6.45, 7) is 0. The Bertz CT molecular complexity index is 1190. The van der Waals surface area contributed by atoms with E-state index in [2.05, 4.69) is 60.7 Å². The minimum Gasteiger partial charge on any atom is -0.244 e. The van der Waals surface area contributed by atoms with Gasteiger partial charge in [0.2, 0.25) is 0 Å². The van der Waals surface area contributed by atoms with Crippen LogP contribution in [0.2, 0.25) is 0 Å². The van der Waals surface area contributed by atoms with Gasteiger partial charge in [0.15, 0.2) is 0 Å². The van der Waals surface area contributed by atoms with Crippen molar-refractivity contribution >= 4 is 44.1 Å². The molecule has 0 saturated carbocycles. The predicted molar refractivity (Wildman–Crippen MR) is 114 cm³/mol. The van der Waals surface area contributed by atoms with Gasteiger partial charge in [-0.1, -0.05) is 48.5 Å². The molecule has 1 heterocycles. The van der Waals surface area contributed by atoms with Crippen LogP contribution < -0.4 is 0 Å². The smallest absolute Gasteiger partial charge is 0.134 e. The number of nitriles is 1. The fourth-order valence-corrected chi connectivity index (χ4v) is 5.25. The van der Waals surface area contributed by atoms with E-state index in [1.165, 1.54) is 44.8 Å². The molecule has 1 aliphatic carbocycles. The zero-order valence-electron chi connectivity index (χ0n) is 14.9. The molecule has 27 heavy (non-hydrogen) atoms. The maximum Gasteiger partial charge on any atom is 0.134 e. The Kier molecular flexibility index (Phi) is 3.99. The van der Waals surface area contributed by atoms with Crippen molar-refractivity contribution in [1.82, 2.24) is 0 Å². The molecule has 0 atom stereocenters. The highest BCUT2D eigenvalue weighted by molar-refractivity contribution is 7.16. The molecule has 0 unspecified atom stereocenters. The monoisotopic (exact) mass is 366 g/mol. The molecule has 2 nitrogen and oxygen atoms in total. The van der Waals surface area contributed by atoms with E-state index in [-0.39, 0.29) is 0 Å². The van der Waals surface area contributed by atoms with E-state index in [9.17, 15) is 5.26 Å². The highest BCUT2D eigenvalue weighted by Crippen LogP contribution is 2.39. The van der Waals surface area contributed by atoms with Crippen LogP contribution in [0.5, 0.6) is 0 Å². The normalized spacial score (nSPS) is 13.9. The lowest BCUT2D eigenvalue weighted by molar-refractivity contribution is 0.696. The molecule has 0 bridgehead atoms. The minimum atomic E-state index is 0.787. The number of aliphatic imine (C=N–C) groups is 1. The first-order valence-corrected chi connectivity index (χ1v) is 10.2. The second-order valence-electron chi connectivity index (χ2n) is 6.99. The van der Waals surface area contributed by atoms with Crippen molar-refractivity contribution in [1.29, 1.82) is 5.26 Å². The molecule has 0 aliphatic heterocycles. The molecule has 0 saturated heterocycles. The SMILES string of the molecule is N#Cc1c(/N=C/c2c3ccccc3cc3ccccc23)sc2c1CCCC2. The van der Waals surface area contributed by atoms with Crippen molar-refractivity contribution < 1.29 is 0 Å². The van der Waals surface area contributed by atoms with E-state index in [1.807, 2.05) is 6.21 Å². The molecule has 0 amide bonds. The molecule has 4 aromatic rings. The van der Waals surface area contributed by atoms with Crippen molar-refractivity contribution in [2.75, 3.05) is 0 Å². The number of benzene rings is 3. The number of rotatable bonds is 2. The van der Waals surface area contributed by atoms with E-state index < -0.39 is 0 Å². The van der Waals surface area contributed by atoms with Gasteiger partial charge < -0.3 is 0 Å².